The fourth-order valence-corrected chi connectivity index (χ4v) is 3.91. The molecule has 0 aromatic heterocycles. The number of amides is 2. The first-order valence-corrected chi connectivity index (χ1v) is 10.0. The van der Waals surface area contributed by atoms with Gasteiger partial charge in [0.05, 0.1) is 16.0 Å². The number of benzene rings is 1. The van der Waals surface area contributed by atoms with Crippen molar-refractivity contribution in [1.29, 1.82) is 0 Å². The highest BCUT2D eigenvalue weighted by Crippen LogP contribution is 2.39. The van der Waals surface area contributed by atoms with Gasteiger partial charge in [0, 0.05) is 6.04 Å². The summed E-state index contributed by atoms with van der Waals surface area (Å²) in [4.78, 5) is 26.4. The van der Waals surface area contributed by atoms with Crippen LogP contribution in [0.5, 0.6) is 11.5 Å². The molecule has 1 aliphatic heterocycles. The van der Waals surface area contributed by atoms with Gasteiger partial charge in [-0.3, -0.25) is 14.5 Å². The smallest absolute Gasteiger partial charge is 0.293 e. The molecule has 5 nitrogen and oxygen atoms in total. The second-order valence-electron chi connectivity index (χ2n) is 5.67. The quantitative estimate of drug-likeness (QED) is 0.408. The van der Waals surface area contributed by atoms with E-state index in [1.54, 1.807) is 18.2 Å². The summed E-state index contributed by atoms with van der Waals surface area (Å²) >= 11 is 4.44. The highest BCUT2D eigenvalue weighted by atomic mass is 79.9. The molecule has 1 saturated heterocycles. The normalized spacial score (nSPS) is 16.9. The Hall–Kier alpha value is -1.73. The molecule has 1 aromatic carbocycles. The van der Waals surface area contributed by atoms with Crippen LogP contribution in [0, 0.1) is 0 Å². The number of carbonyl (C=O) groups is 2. The van der Waals surface area contributed by atoms with E-state index in [0.29, 0.717) is 34.1 Å². The third kappa shape index (κ3) is 4.51. The molecule has 2 amide bonds. The Morgan fingerprint density at radius 1 is 1.31 bits per heavy atom. The minimum Gasteiger partial charge on any atom is -0.490 e. The van der Waals surface area contributed by atoms with Crippen LogP contribution in [0.15, 0.2) is 34.2 Å². The Bertz CT molecular complexity index is 747. The van der Waals surface area contributed by atoms with Crippen LogP contribution in [0.1, 0.15) is 32.8 Å². The van der Waals surface area contributed by atoms with E-state index in [-0.39, 0.29) is 17.2 Å². The van der Waals surface area contributed by atoms with Crippen molar-refractivity contribution in [3.05, 3.63) is 39.7 Å². The molecule has 0 spiro atoms. The summed E-state index contributed by atoms with van der Waals surface area (Å²) in [7, 11) is 0. The maximum absolute atomic E-state index is 12.6. The molecule has 1 heterocycles. The molecular weight excluding hydrogens is 418 g/mol. The zero-order chi connectivity index (χ0) is 19.3. The number of hydrogen-bond acceptors (Lipinski definition) is 5. The van der Waals surface area contributed by atoms with E-state index in [9.17, 15) is 9.59 Å². The zero-order valence-corrected chi connectivity index (χ0v) is 17.5. The van der Waals surface area contributed by atoms with Crippen molar-refractivity contribution in [2.75, 3.05) is 13.2 Å². The zero-order valence-electron chi connectivity index (χ0n) is 15.1. The minimum atomic E-state index is -0.254. The molecule has 0 aliphatic carbocycles. The van der Waals surface area contributed by atoms with Crippen LogP contribution in [-0.4, -0.2) is 35.3 Å². The first-order chi connectivity index (χ1) is 12.4. The predicted octanol–water partition coefficient (Wildman–Crippen LogP) is 5.25. The molecule has 1 aliphatic rings. The molecular formula is C19H22BrNO4S. The van der Waals surface area contributed by atoms with Gasteiger partial charge < -0.3 is 9.47 Å². The lowest BCUT2D eigenvalue weighted by molar-refractivity contribution is -0.124. The highest BCUT2D eigenvalue weighted by Gasteiger charge is 2.37. The SMILES string of the molecule is C=CCOc1c(Br)cc(/C=C2/SC(=O)N([C@@H](C)CC)C2=O)cc1OCC. The van der Waals surface area contributed by atoms with E-state index < -0.39 is 0 Å². The van der Waals surface area contributed by atoms with Gasteiger partial charge in [0.15, 0.2) is 11.5 Å². The fourth-order valence-electron chi connectivity index (χ4n) is 2.41. The topological polar surface area (TPSA) is 55.8 Å². The van der Waals surface area contributed by atoms with Crippen LogP contribution in [0.3, 0.4) is 0 Å². The molecule has 0 bridgehead atoms. The van der Waals surface area contributed by atoms with Crippen molar-refractivity contribution in [1.82, 2.24) is 4.90 Å². The highest BCUT2D eigenvalue weighted by molar-refractivity contribution is 9.10. The van der Waals surface area contributed by atoms with Crippen molar-refractivity contribution in [2.45, 2.75) is 33.2 Å². The molecule has 140 valence electrons. The van der Waals surface area contributed by atoms with Crippen molar-refractivity contribution in [3.8, 4) is 11.5 Å². The first-order valence-electron chi connectivity index (χ1n) is 8.39. The molecule has 1 fully saturated rings. The minimum absolute atomic E-state index is 0.117. The molecule has 1 aromatic rings. The number of nitrogens with zero attached hydrogens (tertiary/aromatic N) is 1. The van der Waals surface area contributed by atoms with Gasteiger partial charge in [0.25, 0.3) is 11.1 Å². The monoisotopic (exact) mass is 439 g/mol. The molecule has 26 heavy (non-hydrogen) atoms. The Morgan fingerprint density at radius 3 is 2.65 bits per heavy atom. The Balaban J connectivity index is 2.37. The maximum Gasteiger partial charge on any atom is 0.293 e. The Kier molecular flexibility index (Phi) is 7.34. The number of carbonyl (C=O) groups excluding carboxylic acids is 2. The van der Waals surface area contributed by atoms with Gasteiger partial charge in [-0.2, -0.15) is 0 Å². The van der Waals surface area contributed by atoms with Gasteiger partial charge in [-0.1, -0.05) is 19.6 Å². The number of rotatable bonds is 8. The number of halogens is 1. The van der Waals surface area contributed by atoms with Gasteiger partial charge in [-0.15, -0.1) is 0 Å². The lowest BCUT2D eigenvalue weighted by Gasteiger charge is -2.19. The van der Waals surface area contributed by atoms with Gasteiger partial charge in [0.1, 0.15) is 6.61 Å². The van der Waals surface area contributed by atoms with Crippen molar-refractivity contribution < 1.29 is 19.1 Å². The summed E-state index contributed by atoms with van der Waals surface area (Å²) in [6.45, 7) is 10.2. The summed E-state index contributed by atoms with van der Waals surface area (Å²) in [5.74, 6) is 0.892. The summed E-state index contributed by atoms with van der Waals surface area (Å²) in [5.41, 5.74) is 0.751. The number of imide groups is 1. The predicted molar refractivity (Wildman–Crippen MR) is 109 cm³/mol. The number of hydrogen-bond donors (Lipinski definition) is 0. The van der Waals surface area contributed by atoms with Crippen molar-refractivity contribution in [2.24, 2.45) is 0 Å². The van der Waals surface area contributed by atoms with Crippen LogP contribution < -0.4 is 9.47 Å². The fraction of sp³-hybridized carbons (Fsp3) is 0.368. The molecule has 1 atom stereocenters. The van der Waals surface area contributed by atoms with Crippen LogP contribution in [0.25, 0.3) is 6.08 Å². The Morgan fingerprint density at radius 2 is 2.04 bits per heavy atom. The van der Waals surface area contributed by atoms with E-state index in [1.807, 2.05) is 26.8 Å². The first kappa shape index (κ1) is 20.6. The van der Waals surface area contributed by atoms with E-state index in [2.05, 4.69) is 22.5 Å². The second kappa shape index (κ2) is 9.28. The van der Waals surface area contributed by atoms with Crippen LogP contribution in [0.2, 0.25) is 0 Å². The summed E-state index contributed by atoms with van der Waals surface area (Å²) in [6.07, 6.45) is 4.08. The molecule has 0 unspecified atom stereocenters. The van der Waals surface area contributed by atoms with Crippen molar-refractivity contribution >= 4 is 44.9 Å². The van der Waals surface area contributed by atoms with Crippen LogP contribution in [-0.2, 0) is 4.79 Å². The number of ether oxygens (including phenoxy) is 2. The van der Waals surface area contributed by atoms with Gasteiger partial charge in [-0.05, 0) is 71.7 Å². The van der Waals surface area contributed by atoms with E-state index in [1.165, 1.54) is 4.90 Å². The van der Waals surface area contributed by atoms with Crippen LogP contribution >= 0.6 is 27.7 Å². The standard InChI is InChI=1S/C19H22BrNO4S/c1-5-8-25-17-14(20)9-13(10-15(17)24-7-3)11-16-18(22)21(12(4)6-2)19(23)26-16/h5,9-12H,1,6-8H2,2-4H3/b16-11+/t12-/m0/s1. The summed E-state index contributed by atoms with van der Waals surface area (Å²) in [6, 6.07) is 3.51. The lowest BCUT2D eigenvalue weighted by Crippen LogP contribution is -2.36. The maximum atomic E-state index is 12.6. The average molecular weight is 440 g/mol. The summed E-state index contributed by atoms with van der Waals surface area (Å²) < 4.78 is 12.0. The molecule has 0 N–H and O–H groups in total. The van der Waals surface area contributed by atoms with Crippen molar-refractivity contribution in [3.63, 3.8) is 0 Å². The molecule has 0 saturated carbocycles. The Labute approximate surface area is 166 Å². The van der Waals surface area contributed by atoms with E-state index in [0.717, 1.165) is 23.7 Å². The molecule has 2 rings (SSSR count). The molecule has 7 heteroatoms. The lowest BCUT2D eigenvalue weighted by atomic mass is 10.1. The third-order valence-corrected chi connectivity index (χ3v) is 5.30. The third-order valence-electron chi connectivity index (χ3n) is 3.83. The van der Waals surface area contributed by atoms with Gasteiger partial charge in [0.2, 0.25) is 0 Å². The van der Waals surface area contributed by atoms with Gasteiger partial charge in [-0.25, -0.2) is 0 Å². The second-order valence-corrected chi connectivity index (χ2v) is 7.52. The summed E-state index contributed by atoms with van der Waals surface area (Å²) in [5, 5.41) is -0.231. The van der Waals surface area contributed by atoms with E-state index in [4.69, 9.17) is 9.47 Å². The largest absolute Gasteiger partial charge is 0.490 e. The van der Waals surface area contributed by atoms with E-state index >= 15 is 0 Å². The van der Waals surface area contributed by atoms with Gasteiger partial charge >= 0.3 is 0 Å². The molecule has 0 radical (unpaired) electrons. The average Bonchev–Trinajstić information content (AvgIpc) is 2.87. The number of thioether (sulfide) groups is 1. The van der Waals surface area contributed by atoms with Crippen LogP contribution in [0.4, 0.5) is 4.79 Å².